The van der Waals surface area contributed by atoms with Crippen LogP contribution in [0.3, 0.4) is 0 Å². The molecule has 174 valence electrons. The van der Waals surface area contributed by atoms with Crippen molar-refractivity contribution >= 4 is 5.91 Å². The average Bonchev–Trinajstić information content (AvgIpc) is 3.26. The summed E-state index contributed by atoms with van der Waals surface area (Å²) in [6, 6.07) is 1.07. The molecule has 0 radical (unpaired) electrons. The molecule has 5 unspecified atom stereocenters. The Kier molecular flexibility index (Phi) is 5.48. The minimum Gasteiger partial charge on any atom is -0.380 e. The molecule has 8 nitrogen and oxygen atoms in total. The lowest BCUT2D eigenvalue weighted by molar-refractivity contribution is -0.139. The molecule has 4 aliphatic heterocycles. The van der Waals surface area contributed by atoms with E-state index in [1.165, 1.54) is 12.8 Å². The Hall–Kier alpha value is -0.840. The molecule has 3 N–H and O–H groups in total. The number of nitrogens with zero attached hydrogens (tertiary/aromatic N) is 2. The summed E-state index contributed by atoms with van der Waals surface area (Å²) < 4.78 is 19.7. The second-order valence-corrected chi connectivity index (χ2v) is 10.6. The minimum atomic E-state index is -1.54. The first kappa shape index (κ1) is 20.7. The van der Waals surface area contributed by atoms with E-state index in [-0.39, 0.29) is 18.3 Å². The van der Waals surface area contributed by atoms with Crippen LogP contribution in [0, 0.1) is 17.8 Å². The van der Waals surface area contributed by atoms with Gasteiger partial charge in [-0.1, -0.05) is 0 Å². The summed E-state index contributed by atoms with van der Waals surface area (Å²) in [4.78, 5) is 20.0. The first-order chi connectivity index (χ1) is 15.1. The predicted molar refractivity (Wildman–Crippen MR) is 111 cm³/mol. The maximum atomic E-state index is 14.1. The first-order valence-electron chi connectivity index (χ1n) is 12.4. The van der Waals surface area contributed by atoms with Crippen LogP contribution in [-0.2, 0) is 14.4 Å². The summed E-state index contributed by atoms with van der Waals surface area (Å²) in [7, 11) is 0. The highest BCUT2D eigenvalue weighted by Gasteiger charge is 2.53. The molecule has 2 aliphatic carbocycles. The zero-order chi connectivity index (χ0) is 21.0. The molecule has 0 bridgehead atoms. The molecule has 6 rings (SSSR count). The Balaban J connectivity index is 1.01. The molecule has 0 aromatic heterocycles. The maximum Gasteiger partial charge on any atom is 0.260 e. The van der Waals surface area contributed by atoms with Crippen molar-refractivity contribution in [3.63, 3.8) is 0 Å². The van der Waals surface area contributed by atoms with Gasteiger partial charge in [0.1, 0.15) is 6.23 Å². The number of carbonyl (C=O) groups is 1. The van der Waals surface area contributed by atoms with Crippen LogP contribution in [0.25, 0.3) is 0 Å². The monoisotopic (exact) mass is 437 g/mol. The topological polar surface area (TPSA) is 78.1 Å². The molecule has 4 heterocycles. The van der Waals surface area contributed by atoms with Gasteiger partial charge in [0.15, 0.2) is 5.67 Å². The zero-order valence-corrected chi connectivity index (χ0v) is 18.2. The van der Waals surface area contributed by atoms with Crippen molar-refractivity contribution in [2.75, 3.05) is 32.8 Å². The largest absolute Gasteiger partial charge is 0.380 e. The van der Waals surface area contributed by atoms with Crippen molar-refractivity contribution in [3.05, 3.63) is 0 Å². The van der Waals surface area contributed by atoms with Crippen molar-refractivity contribution in [2.45, 2.75) is 81.5 Å². The van der Waals surface area contributed by atoms with Crippen LogP contribution in [0.2, 0.25) is 0 Å². The molecule has 0 aromatic rings. The number of hydroxylamine groups is 1. The highest BCUT2D eigenvalue weighted by molar-refractivity contribution is 5.88. The number of hydrogen-bond donors (Lipinski definition) is 3. The number of ether oxygens (including phenoxy) is 1. The SMILES string of the molecule is O=C(N1CCC(C2NOC(C3CCC4CNN([C@@H]5CCOC5)C4C3)N2)CC1)C1(F)CC1. The minimum absolute atomic E-state index is 0.0356. The molecular formula is C22H36FN5O3. The maximum absolute atomic E-state index is 14.1. The summed E-state index contributed by atoms with van der Waals surface area (Å²) in [6.07, 6.45) is 7.41. The van der Waals surface area contributed by atoms with Gasteiger partial charge in [-0.3, -0.25) is 20.4 Å². The lowest BCUT2D eigenvalue weighted by Gasteiger charge is -2.39. The van der Waals surface area contributed by atoms with Crippen molar-refractivity contribution in [2.24, 2.45) is 17.8 Å². The molecule has 6 fully saturated rings. The zero-order valence-electron chi connectivity index (χ0n) is 18.2. The van der Waals surface area contributed by atoms with E-state index < -0.39 is 5.67 Å². The Morgan fingerprint density at radius 2 is 1.84 bits per heavy atom. The molecule has 9 heteroatoms. The standard InChI is InChI=1S/C22H36FN5O3/c23-22(6-7-22)21(29)27-8-3-14(4-9-27)19-25-20(31-26-19)15-1-2-16-12-24-28(18(16)11-15)17-5-10-30-13-17/h14-20,24-26H,1-13H2/t15?,16?,17-,18?,19?,20?/m1/s1. The number of halogens is 1. The molecule has 6 atom stereocenters. The molecule has 1 amide bonds. The van der Waals surface area contributed by atoms with E-state index in [1.54, 1.807) is 4.90 Å². The van der Waals surface area contributed by atoms with Gasteiger partial charge in [0.05, 0.1) is 18.8 Å². The summed E-state index contributed by atoms with van der Waals surface area (Å²) in [5.74, 6) is 1.34. The van der Waals surface area contributed by atoms with Gasteiger partial charge in [0, 0.05) is 38.2 Å². The number of alkyl halides is 1. The third-order valence-electron chi connectivity index (χ3n) is 8.65. The number of hydrazine groups is 1. The highest BCUT2D eigenvalue weighted by Crippen LogP contribution is 2.42. The molecule has 0 aromatic carbocycles. The van der Waals surface area contributed by atoms with E-state index in [9.17, 15) is 9.18 Å². The molecule has 31 heavy (non-hydrogen) atoms. The van der Waals surface area contributed by atoms with Crippen LogP contribution in [-0.4, -0.2) is 78.8 Å². The molecule has 4 saturated heterocycles. The van der Waals surface area contributed by atoms with E-state index >= 15 is 0 Å². The van der Waals surface area contributed by atoms with Crippen molar-refractivity contribution in [1.82, 2.24) is 26.1 Å². The van der Waals surface area contributed by atoms with E-state index in [2.05, 4.69) is 21.2 Å². The predicted octanol–water partition coefficient (Wildman–Crippen LogP) is 0.898. The highest BCUT2D eigenvalue weighted by atomic mass is 19.1. The van der Waals surface area contributed by atoms with Crippen LogP contribution in [0.1, 0.15) is 51.4 Å². The summed E-state index contributed by atoms with van der Waals surface area (Å²) in [5.41, 5.74) is 5.36. The molecule has 0 spiro atoms. The van der Waals surface area contributed by atoms with Gasteiger partial charge in [-0.2, -0.15) is 5.48 Å². The third-order valence-corrected chi connectivity index (χ3v) is 8.65. The van der Waals surface area contributed by atoms with Crippen molar-refractivity contribution in [1.29, 1.82) is 0 Å². The molecule has 6 aliphatic rings. The van der Waals surface area contributed by atoms with Crippen LogP contribution < -0.4 is 16.2 Å². The van der Waals surface area contributed by atoms with Crippen LogP contribution in [0.5, 0.6) is 0 Å². The number of amides is 1. The number of likely N-dealkylation sites (tertiary alicyclic amines) is 1. The number of rotatable bonds is 4. The van der Waals surface area contributed by atoms with Crippen LogP contribution in [0.15, 0.2) is 0 Å². The van der Waals surface area contributed by atoms with Gasteiger partial charge >= 0.3 is 0 Å². The molecule has 2 saturated carbocycles. The van der Waals surface area contributed by atoms with Gasteiger partial charge < -0.3 is 9.64 Å². The second kappa shape index (κ2) is 8.18. The smallest absolute Gasteiger partial charge is 0.260 e. The Labute approximate surface area is 183 Å². The Morgan fingerprint density at radius 1 is 1.03 bits per heavy atom. The van der Waals surface area contributed by atoms with Crippen LogP contribution >= 0.6 is 0 Å². The molecular weight excluding hydrogens is 401 g/mol. The quantitative estimate of drug-likeness (QED) is 0.603. The summed E-state index contributed by atoms with van der Waals surface area (Å²) >= 11 is 0. The number of fused-ring (bicyclic) bond motifs is 1. The van der Waals surface area contributed by atoms with Crippen molar-refractivity contribution in [3.8, 4) is 0 Å². The van der Waals surface area contributed by atoms with E-state index in [0.29, 0.717) is 49.9 Å². The lowest BCUT2D eigenvalue weighted by Crippen LogP contribution is -2.51. The lowest BCUT2D eigenvalue weighted by atomic mass is 9.77. The van der Waals surface area contributed by atoms with Gasteiger partial charge in [0.2, 0.25) is 0 Å². The summed E-state index contributed by atoms with van der Waals surface area (Å²) in [6.45, 7) is 4.10. The second-order valence-electron chi connectivity index (χ2n) is 10.6. The van der Waals surface area contributed by atoms with Crippen LogP contribution in [0.4, 0.5) is 4.39 Å². The van der Waals surface area contributed by atoms with Crippen molar-refractivity contribution < 1.29 is 18.8 Å². The van der Waals surface area contributed by atoms with Gasteiger partial charge in [-0.15, -0.1) is 0 Å². The fraction of sp³-hybridized carbons (Fsp3) is 0.955. The number of nitrogens with one attached hydrogen (secondary N) is 3. The van der Waals surface area contributed by atoms with Gasteiger partial charge in [0.25, 0.3) is 5.91 Å². The van der Waals surface area contributed by atoms with E-state index in [0.717, 1.165) is 51.4 Å². The number of piperidine rings is 1. The number of hydrogen-bond acceptors (Lipinski definition) is 7. The van der Waals surface area contributed by atoms with E-state index in [1.807, 2.05) is 0 Å². The fourth-order valence-corrected chi connectivity index (χ4v) is 6.48. The third kappa shape index (κ3) is 3.91. The normalized spacial score (nSPS) is 43.3. The van der Waals surface area contributed by atoms with Gasteiger partial charge in [-0.25, -0.2) is 9.40 Å². The first-order valence-corrected chi connectivity index (χ1v) is 12.4. The summed E-state index contributed by atoms with van der Waals surface area (Å²) in [5, 5.41) is 6.20. The Bertz CT molecular complexity index is 680. The Morgan fingerprint density at radius 3 is 2.58 bits per heavy atom. The number of carbonyl (C=O) groups excluding carboxylic acids is 1. The van der Waals surface area contributed by atoms with E-state index in [4.69, 9.17) is 9.57 Å². The van der Waals surface area contributed by atoms with Gasteiger partial charge in [-0.05, 0) is 63.2 Å². The fourth-order valence-electron chi connectivity index (χ4n) is 6.48. The average molecular weight is 438 g/mol.